The van der Waals surface area contributed by atoms with Crippen molar-refractivity contribution in [3.05, 3.63) is 0 Å². The minimum Gasteiger partial charge on any atom is -0.417 e. The maximum absolute atomic E-state index is 5.93. The van der Waals surface area contributed by atoms with Gasteiger partial charge >= 0.3 is 0 Å². The molecule has 0 saturated carbocycles. The standard InChI is InChI=1S/C9H21IOSi/c1-9(2)8-11-12(3,4)7-5-6-10/h9H,5-8H2,1-4H3. The smallest absolute Gasteiger partial charge is 0.186 e. The summed E-state index contributed by atoms with van der Waals surface area (Å²) >= 11 is 2.44. The van der Waals surface area contributed by atoms with Crippen LogP contribution in [0.1, 0.15) is 20.3 Å². The van der Waals surface area contributed by atoms with E-state index >= 15 is 0 Å². The second-order valence-electron chi connectivity index (χ2n) is 4.26. The van der Waals surface area contributed by atoms with Crippen molar-refractivity contribution in [2.75, 3.05) is 11.0 Å². The van der Waals surface area contributed by atoms with E-state index in [0.717, 1.165) is 6.61 Å². The van der Waals surface area contributed by atoms with E-state index in [4.69, 9.17) is 4.43 Å². The van der Waals surface area contributed by atoms with E-state index in [1.165, 1.54) is 16.9 Å². The van der Waals surface area contributed by atoms with Crippen LogP contribution in [-0.2, 0) is 4.43 Å². The van der Waals surface area contributed by atoms with Gasteiger partial charge in [0, 0.05) is 6.61 Å². The van der Waals surface area contributed by atoms with Gasteiger partial charge in [0.05, 0.1) is 0 Å². The zero-order chi connectivity index (χ0) is 9.61. The summed E-state index contributed by atoms with van der Waals surface area (Å²) in [5.74, 6) is 0.677. The monoisotopic (exact) mass is 300 g/mol. The van der Waals surface area contributed by atoms with Crippen molar-refractivity contribution in [1.29, 1.82) is 0 Å². The molecule has 0 aliphatic rings. The molecule has 0 heterocycles. The van der Waals surface area contributed by atoms with Crippen LogP contribution in [0, 0.1) is 5.92 Å². The second kappa shape index (κ2) is 6.37. The minimum atomic E-state index is -1.29. The Balaban J connectivity index is 3.56. The molecular weight excluding hydrogens is 279 g/mol. The molecule has 0 aromatic rings. The van der Waals surface area contributed by atoms with Crippen molar-refractivity contribution in [1.82, 2.24) is 0 Å². The Morgan fingerprint density at radius 1 is 1.33 bits per heavy atom. The van der Waals surface area contributed by atoms with Crippen LogP contribution in [-0.4, -0.2) is 19.4 Å². The zero-order valence-corrected chi connectivity index (χ0v) is 11.8. The first-order valence-corrected chi connectivity index (χ1v) is 9.32. The zero-order valence-electron chi connectivity index (χ0n) is 8.69. The van der Waals surface area contributed by atoms with Gasteiger partial charge in [-0.05, 0) is 35.9 Å². The average Bonchev–Trinajstić information content (AvgIpc) is 1.98. The predicted octanol–water partition coefficient (Wildman–Crippen LogP) is 3.69. The van der Waals surface area contributed by atoms with E-state index < -0.39 is 8.32 Å². The molecule has 12 heavy (non-hydrogen) atoms. The molecule has 74 valence electrons. The van der Waals surface area contributed by atoms with Crippen LogP contribution in [0.5, 0.6) is 0 Å². The Hall–Kier alpha value is 0.907. The first kappa shape index (κ1) is 12.9. The van der Waals surface area contributed by atoms with Crippen LogP contribution in [0.2, 0.25) is 19.1 Å². The van der Waals surface area contributed by atoms with Crippen LogP contribution < -0.4 is 0 Å². The van der Waals surface area contributed by atoms with Crippen molar-refractivity contribution in [2.24, 2.45) is 5.92 Å². The van der Waals surface area contributed by atoms with E-state index in [1.54, 1.807) is 0 Å². The summed E-state index contributed by atoms with van der Waals surface area (Å²) in [4.78, 5) is 0. The molecule has 1 nitrogen and oxygen atoms in total. The van der Waals surface area contributed by atoms with Crippen molar-refractivity contribution in [3.8, 4) is 0 Å². The fourth-order valence-electron chi connectivity index (χ4n) is 0.957. The Morgan fingerprint density at radius 3 is 2.33 bits per heavy atom. The molecule has 0 aromatic carbocycles. The molecule has 0 amide bonds. The first-order valence-electron chi connectivity index (χ1n) is 4.68. The van der Waals surface area contributed by atoms with Gasteiger partial charge in [0.2, 0.25) is 0 Å². The summed E-state index contributed by atoms with van der Waals surface area (Å²) in [7, 11) is -1.29. The van der Waals surface area contributed by atoms with Gasteiger partial charge < -0.3 is 4.43 Å². The SMILES string of the molecule is CC(C)CO[Si](C)(C)CCCI. The molecule has 0 rings (SSSR count). The highest BCUT2D eigenvalue weighted by molar-refractivity contribution is 14.1. The summed E-state index contributed by atoms with van der Waals surface area (Å²) in [5, 5.41) is 0. The molecule has 0 saturated heterocycles. The molecule has 0 radical (unpaired) electrons. The third-order valence-corrected chi connectivity index (χ3v) is 4.99. The molecular formula is C9H21IOSi. The normalized spacial score (nSPS) is 12.5. The molecule has 0 aliphatic carbocycles. The van der Waals surface area contributed by atoms with Gasteiger partial charge in [0.15, 0.2) is 8.32 Å². The Bertz CT molecular complexity index is 115. The van der Waals surface area contributed by atoms with E-state index in [9.17, 15) is 0 Å². The lowest BCUT2D eigenvalue weighted by atomic mass is 10.2. The van der Waals surface area contributed by atoms with E-state index in [-0.39, 0.29) is 0 Å². The molecule has 0 unspecified atom stereocenters. The van der Waals surface area contributed by atoms with E-state index in [0.29, 0.717) is 5.92 Å². The lowest BCUT2D eigenvalue weighted by Crippen LogP contribution is -2.31. The minimum absolute atomic E-state index is 0.677. The third kappa shape index (κ3) is 7.55. The van der Waals surface area contributed by atoms with E-state index in [1.807, 2.05) is 0 Å². The van der Waals surface area contributed by atoms with Gasteiger partial charge in [-0.15, -0.1) is 0 Å². The van der Waals surface area contributed by atoms with Crippen molar-refractivity contribution >= 4 is 30.9 Å². The number of alkyl halides is 1. The maximum Gasteiger partial charge on any atom is 0.186 e. The molecule has 0 atom stereocenters. The predicted molar refractivity (Wildman–Crippen MR) is 66.6 cm³/mol. The lowest BCUT2D eigenvalue weighted by Gasteiger charge is -2.23. The summed E-state index contributed by atoms with van der Waals surface area (Å²) in [6, 6.07) is 1.31. The lowest BCUT2D eigenvalue weighted by molar-refractivity contribution is 0.261. The van der Waals surface area contributed by atoms with Gasteiger partial charge in [-0.3, -0.25) is 0 Å². The molecule has 0 N–H and O–H groups in total. The van der Waals surface area contributed by atoms with Crippen molar-refractivity contribution in [3.63, 3.8) is 0 Å². The summed E-state index contributed by atoms with van der Waals surface area (Å²) < 4.78 is 7.19. The molecule has 0 aromatic heterocycles. The van der Waals surface area contributed by atoms with Crippen LogP contribution >= 0.6 is 22.6 Å². The number of hydrogen-bond donors (Lipinski definition) is 0. The largest absolute Gasteiger partial charge is 0.417 e. The number of hydrogen-bond acceptors (Lipinski definition) is 1. The number of halogens is 1. The molecule has 3 heteroatoms. The topological polar surface area (TPSA) is 9.23 Å². The number of rotatable bonds is 6. The van der Waals surface area contributed by atoms with Crippen LogP contribution in [0.15, 0.2) is 0 Å². The Morgan fingerprint density at radius 2 is 1.92 bits per heavy atom. The van der Waals surface area contributed by atoms with Crippen LogP contribution in [0.4, 0.5) is 0 Å². The Kier molecular flexibility index (Phi) is 6.86. The van der Waals surface area contributed by atoms with Crippen molar-refractivity contribution < 1.29 is 4.43 Å². The molecule has 0 fully saturated rings. The highest BCUT2D eigenvalue weighted by atomic mass is 127. The summed E-state index contributed by atoms with van der Waals surface area (Å²) in [5.41, 5.74) is 0. The summed E-state index contributed by atoms with van der Waals surface area (Å²) in [6.45, 7) is 10.0. The first-order chi connectivity index (χ1) is 5.48. The van der Waals surface area contributed by atoms with Gasteiger partial charge in [0.25, 0.3) is 0 Å². The van der Waals surface area contributed by atoms with Crippen LogP contribution in [0.3, 0.4) is 0 Å². The highest BCUT2D eigenvalue weighted by Crippen LogP contribution is 2.15. The van der Waals surface area contributed by atoms with Gasteiger partial charge in [-0.2, -0.15) is 0 Å². The van der Waals surface area contributed by atoms with Gasteiger partial charge in [0.1, 0.15) is 0 Å². The summed E-state index contributed by atoms with van der Waals surface area (Å²) in [6.07, 6.45) is 1.32. The Labute approximate surface area is 91.5 Å². The van der Waals surface area contributed by atoms with E-state index in [2.05, 4.69) is 49.5 Å². The van der Waals surface area contributed by atoms with Gasteiger partial charge in [-0.1, -0.05) is 36.4 Å². The average molecular weight is 300 g/mol. The third-order valence-electron chi connectivity index (χ3n) is 1.72. The fraction of sp³-hybridized carbons (Fsp3) is 1.00. The van der Waals surface area contributed by atoms with Crippen LogP contribution in [0.25, 0.3) is 0 Å². The fourth-order valence-corrected chi connectivity index (χ4v) is 4.02. The maximum atomic E-state index is 5.93. The molecule has 0 aliphatic heterocycles. The van der Waals surface area contributed by atoms with Gasteiger partial charge in [-0.25, -0.2) is 0 Å². The molecule has 0 spiro atoms. The quantitative estimate of drug-likeness (QED) is 0.413. The highest BCUT2D eigenvalue weighted by Gasteiger charge is 2.21. The molecule has 0 bridgehead atoms. The second-order valence-corrected chi connectivity index (χ2v) is 9.64. The van der Waals surface area contributed by atoms with Crippen molar-refractivity contribution in [2.45, 2.75) is 39.4 Å².